The Kier molecular flexibility index (Phi) is 17.4. The quantitative estimate of drug-likeness (QED) is 0.0713. The van der Waals surface area contributed by atoms with Crippen molar-refractivity contribution in [2.24, 2.45) is 0 Å². The van der Waals surface area contributed by atoms with Crippen molar-refractivity contribution in [3.63, 3.8) is 0 Å². The first-order valence-corrected chi connectivity index (χ1v) is 16.8. The van der Waals surface area contributed by atoms with Crippen LogP contribution in [0, 0.1) is 0 Å². The Morgan fingerprint density at radius 3 is 0.431 bits per heavy atom. The van der Waals surface area contributed by atoms with Crippen molar-refractivity contribution in [2.75, 3.05) is 26.4 Å². The summed E-state index contributed by atoms with van der Waals surface area (Å²) in [5.74, 6) is -91.3. The lowest BCUT2D eigenvalue weighted by atomic mass is 10.0. The Morgan fingerprint density at radius 1 is 0.200 bits per heavy atom. The molecule has 0 atom stereocenters. The van der Waals surface area contributed by atoms with Gasteiger partial charge in [0.25, 0.3) is 0 Å². The number of alkyl halides is 36. The Labute approximate surface area is 333 Å². The lowest BCUT2D eigenvalue weighted by Crippen LogP contribution is -2.62. The predicted octanol–water partition coefficient (Wildman–Crippen LogP) is 12.9. The molecular weight excluding hydrogens is 1060 g/mol. The van der Waals surface area contributed by atoms with Crippen LogP contribution >= 0.6 is 0 Å². The standard InChI is InChI=1S/C24H16F36O4Si/c25-9(26,13(33,34)17(41,42)21(49,50)51)1-5-61-65(62-6-2-10(27,28)14(35,36)18(43,44)22(52,53)54,63-7-3-11(29,30)15(37,38)19(45,46)23(55,56)57)64-8-4-12(31,32)16(39,40)20(47,48)24(58,59)60/h1-8H2. The largest absolute Gasteiger partial charge is 0.679 e. The summed E-state index contributed by atoms with van der Waals surface area (Å²) in [6.07, 6.45) is -45.6. The van der Waals surface area contributed by atoms with Gasteiger partial charge in [-0.05, 0) is 0 Å². The van der Waals surface area contributed by atoms with Crippen LogP contribution in [0.3, 0.4) is 0 Å². The molecule has 0 aromatic carbocycles. The van der Waals surface area contributed by atoms with Gasteiger partial charge < -0.3 is 17.7 Å². The van der Waals surface area contributed by atoms with Crippen LogP contribution in [0.15, 0.2) is 0 Å². The summed E-state index contributed by atoms with van der Waals surface area (Å²) in [5, 5.41) is 0. The minimum Gasteiger partial charge on any atom is -0.351 e. The first kappa shape index (κ1) is 62.5. The molecule has 0 bridgehead atoms. The van der Waals surface area contributed by atoms with Crippen LogP contribution < -0.4 is 0 Å². The zero-order valence-electron chi connectivity index (χ0n) is 29.4. The fourth-order valence-electron chi connectivity index (χ4n) is 3.73. The second kappa shape index (κ2) is 18.1. The molecule has 0 fully saturated rings. The minimum atomic E-state index is -7.92. The molecule has 0 aliphatic rings. The Bertz CT molecular complexity index is 1330. The van der Waals surface area contributed by atoms with Crippen molar-refractivity contribution < 1.29 is 176 Å². The van der Waals surface area contributed by atoms with Gasteiger partial charge in [0, 0.05) is 52.1 Å². The average Bonchev–Trinajstić information content (AvgIpc) is 3.05. The van der Waals surface area contributed by atoms with Gasteiger partial charge in [-0.3, -0.25) is 0 Å². The smallest absolute Gasteiger partial charge is 0.351 e. The van der Waals surface area contributed by atoms with Gasteiger partial charge in [0.1, 0.15) is 0 Å². The predicted molar refractivity (Wildman–Crippen MR) is 132 cm³/mol. The molecule has 0 spiro atoms. The SMILES string of the molecule is FC(F)(F)C(F)(F)C(F)(F)C(F)(F)CCO[Si](OCCC(F)(F)C(F)(F)C(F)(F)C(F)(F)F)(OCCC(F)(F)C(F)(F)C(F)(F)C(F)(F)F)OCCC(F)(F)C(F)(F)C(F)(F)C(F)(F)F. The number of rotatable bonds is 24. The molecule has 0 amide bonds. The van der Waals surface area contributed by atoms with Gasteiger partial charge in [-0.2, -0.15) is 158 Å². The third kappa shape index (κ3) is 11.5. The van der Waals surface area contributed by atoms with Gasteiger partial charge in [0.2, 0.25) is 0 Å². The molecule has 0 aliphatic heterocycles. The van der Waals surface area contributed by atoms with Crippen molar-refractivity contribution in [2.45, 2.75) is 121 Å². The van der Waals surface area contributed by atoms with Gasteiger partial charge in [-0.1, -0.05) is 0 Å². The van der Waals surface area contributed by atoms with Crippen LogP contribution in [0.1, 0.15) is 25.7 Å². The van der Waals surface area contributed by atoms with Gasteiger partial charge in [0.15, 0.2) is 0 Å². The van der Waals surface area contributed by atoms with E-state index >= 15 is 0 Å². The molecule has 65 heavy (non-hydrogen) atoms. The van der Waals surface area contributed by atoms with E-state index in [9.17, 15) is 158 Å². The van der Waals surface area contributed by atoms with E-state index in [-0.39, 0.29) is 0 Å². The molecule has 4 nitrogen and oxygen atoms in total. The summed E-state index contributed by atoms with van der Waals surface area (Å²) in [6, 6.07) is 0. The lowest BCUT2D eigenvalue weighted by molar-refractivity contribution is -0.398. The highest BCUT2D eigenvalue weighted by Crippen LogP contribution is 2.58. The number of hydrogen-bond donors (Lipinski definition) is 0. The lowest BCUT2D eigenvalue weighted by Gasteiger charge is -2.36. The van der Waals surface area contributed by atoms with Crippen molar-refractivity contribution in [1.29, 1.82) is 0 Å². The molecule has 0 saturated heterocycles. The van der Waals surface area contributed by atoms with Gasteiger partial charge in [-0.25, -0.2) is 0 Å². The van der Waals surface area contributed by atoms with Crippen LogP contribution in [-0.4, -0.2) is 131 Å². The van der Waals surface area contributed by atoms with Crippen molar-refractivity contribution in [1.82, 2.24) is 0 Å². The van der Waals surface area contributed by atoms with E-state index in [1.54, 1.807) is 0 Å². The highest BCUT2D eigenvalue weighted by molar-refractivity contribution is 6.53. The van der Waals surface area contributed by atoms with Gasteiger partial charge in [-0.15, -0.1) is 0 Å². The molecular formula is C24H16F36O4Si. The third-order valence-corrected chi connectivity index (χ3v) is 9.85. The number of halogens is 36. The summed E-state index contributed by atoms with van der Waals surface area (Å²) >= 11 is 0. The monoisotopic (exact) mass is 1080 g/mol. The zero-order chi connectivity index (χ0) is 53.0. The second-order valence-electron chi connectivity index (χ2n) is 12.3. The molecule has 0 aromatic rings. The fourth-order valence-corrected chi connectivity index (χ4v) is 5.63. The third-order valence-electron chi connectivity index (χ3n) is 7.62. The van der Waals surface area contributed by atoms with Crippen molar-refractivity contribution in [3.05, 3.63) is 0 Å². The van der Waals surface area contributed by atoms with Crippen molar-refractivity contribution >= 4 is 9.05 Å². The molecule has 41 heteroatoms. The second-order valence-corrected chi connectivity index (χ2v) is 14.5. The molecule has 0 heterocycles. The molecule has 0 saturated carbocycles. The normalized spacial score (nSPS) is 16.4. The number of hydrogen-bond acceptors (Lipinski definition) is 4. The van der Waals surface area contributed by atoms with E-state index in [4.69, 9.17) is 0 Å². The van der Waals surface area contributed by atoms with E-state index < -0.39 is 157 Å². The summed E-state index contributed by atoms with van der Waals surface area (Å²) in [5.41, 5.74) is 0. The van der Waals surface area contributed by atoms with Crippen LogP contribution in [0.4, 0.5) is 158 Å². The summed E-state index contributed by atoms with van der Waals surface area (Å²) in [7, 11) is -7.71. The molecule has 0 aromatic heterocycles. The fraction of sp³-hybridized carbons (Fsp3) is 1.00. The van der Waals surface area contributed by atoms with Crippen LogP contribution in [0.25, 0.3) is 0 Å². The maximum atomic E-state index is 14.1. The molecule has 0 radical (unpaired) electrons. The van der Waals surface area contributed by atoms with Crippen LogP contribution in [0.5, 0.6) is 0 Å². The van der Waals surface area contributed by atoms with Crippen LogP contribution in [-0.2, 0) is 17.7 Å². The molecule has 392 valence electrons. The maximum Gasteiger partial charge on any atom is 0.679 e. The highest BCUT2D eigenvalue weighted by atomic mass is 28.4. The Morgan fingerprint density at radius 2 is 0.323 bits per heavy atom. The summed E-state index contributed by atoms with van der Waals surface area (Å²) in [6.45, 7) is -12.9. The van der Waals surface area contributed by atoms with E-state index in [0.717, 1.165) is 0 Å². The summed E-state index contributed by atoms with van der Waals surface area (Å²) < 4.78 is 492. The highest BCUT2D eigenvalue weighted by Gasteiger charge is 2.84. The summed E-state index contributed by atoms with van der Waals surface area (Å²) in [4.78, 5) is 0. The Hall–Kier alpha value is -2.46. The van der Waals surface area contributed by atoms with Crippen molar-refractivity contribution in [3.8, 4) is 0 Å². The van der Waals surface area contributed by atoms with Crippen LogP contribution in [0.2, 0.25) is 0 Å². The molecule has 0 N–H and O–H groups in total. The molecule has 0 rings (SSSR count). The van der Waals surface area contributed by atoms with E-state index in [1.165, 1.54) is 0 Å². The van der Waals surface area contributed by atoms with Gasteiger partial charge in [0.05, 0.1) is 0 Å². The van der Waals surface area contributed by atoms with E-state index in [2.05, 4.69) is 17.7 Å². The minimum absolute atomic E-state index is 3.24. The van der Waals surface area contributed by atoms with E-state index in [0.29, 0.717) is 0 Å². The Balaban J connectivity index is 7.63. The zero-order valence-corrected chi connectivity index (χ0v) is 30.4. The molecule has 0 unspecified atom stereocenters. The first-order chi connectivity index (χ1) is 27.8. The van der Waals surface area contributed by atoms with E-state index in [1.807, 2.05) is 0 Å². The first-order valence-electron chi connectivity index (χ1n) is 15.2. The molecule has 0 aliphatic carbocycles. The topological polar surface area (TPSA) is 36.9 Å². The van der Waals surface area contributed by atoms with Gasteiger partial charge >= 0.3 is 105 Å². The maximum absolute atomic E-state index is 14.1. The average molecular weight is 1080 g/mol.